The van der Waals surface area contributed by atoms with E-state index in [-0.39, 0.29) is 23.3 Å². The molecule has 10 heteroatoms. The van der Waals surface area contributed by atoms with E-state index in [2.05, 4.69) is 15.6 Å². The Balaban J connectivity index is 1.76. The fraction of sp³-hybridized carbons (Fsp3) is 0.211. The second-order valence-electron chi connectivity index (χ2n) is 6.42. The van der Waals surface area contributed by atoms with Gasteiger partial charge in [0.25, 0.3) is 11.5 Å². The number of anilines is 1. The summed E-state index contributed by atoms with van der Waals surface area (Å²) in [4.78, 5) is 52.8. The summed E-state index contributed by atoms with van der Waals surface area (Å²) in [7, 11) is 2.82. The first kappa shape index (κ1) is 20.3. The molecule has 0 aliphatic carbocycles. The number of aromatic nitrogens is 3. The number of nitrogens with zero attached hydrogens (tertiary/aromatic N) is 3. The van der Waals surface area contributed by atoms with E-state index in [1.807, 2.05) is 0 Å². The molecule has 9 nitrogen and oxygen atoms in total. The molecule has 2 amide bonds. The molecule has 0 spiro atoms. The van der Waals surface area contributed by atoms with Gasteiger partial charge in [-0.15, -0.1) is 0 Å². The third-order valence-electron chi connectivity index (χ3n) is 4.49. The molecule has 0 saturated heterocycles. The molecule has 1 aromatic carbocycles. The van der Waals surface area contributed by atoms with Crippen LogP contribution in [0.25, 0.3) is 11.0 Å². The monoisotopic (exact) mass is 415 g/mol. The molecule has 0 saturated carbocycles. The molecule has 3 rings (SSSR count). The molecule has 0 atom stereocenters. The van der Waals surface area contributed by atoms with E-state index in [1.165, 1.54) is 30.8 Å². The van der Waals surface area contributed by atoms with E-state index in [9.17, 15) is 19.2 Å². The van der Waals surface area contributed by atoms with Gasteiger partial charge in [-0.2, -0.15) is 0 Å². The van der Waals surface area contributed by atoms with Crippen molar-refractivity contribution in [2.45, 2.75) is 6.92 Å². The number of nitrogens with one attached hydrogen (secondary N) is 2. The minimum Gasteiger partial charge on any atom is -0.342 e. The van der Waals surface area contributed by atoms with Crippen LogP contribution in [0.1, 0.15) is 16.1 Å². The summed E-state index contributed by atoms with van der Waals surface area (Å²) in [5, 5.41) is 5.86. The highest BCUT2D eigenvalue weighted by Gasteiger charge is 2.15. The van der Waals surface area contributed by atoms with E-state index in [1.54, 1.807) is 25.1 Å². The molecule has 3 aromatic rings. The number of hydrogen-bond donors (Lipinski definition) is 2. The van der Waals surface area contributed by atoms with Crippen LogP contribution >= 0.6 is 11.6 Å². The summed E-state index contributed by atoms with van der Waals surface area (Å²) in [5.74, 6) is -1.05. The van der Waals surface area contributed by atoms with Gasteiger partial charge in [0, 0.05) is 24.8 Å². The first-order valence-electron chi connectivity index (χ1n) is 8.60. The predicted molar refractivity (Wildman–Crippen MR) is 109 cm³/mol. The summed E-state index contributed by atoms with van der Waals surface area (Å²) < 4.78 is 2.15. The Kier molecular flexibility index (Phi) is 5.51. The molecule has 0 unspecified atom stereocenters. The zero-order valence-corrected chi connectivity index (χ0v) is 16.7. The van der Waals surface area contributed by atoms with Crippen LogP contribution in [0, 0.1) is 6.92 Å². The minimum absolute atomic E-state index is 0.0208. The summed E-state index contributed by atoms with van der Waals surface area (Å²) >= 11 is 6.02. The third-order valence-corrected chi connectivity index (χ3v) is 4.90. The first-order chi connectivity index (χ1) is 13.7. The molecule has 2 heterocycles. The maximum Gasteiger partial charge on any atom is 0.332 e. The minimum atomic E-state index is -0.613. The number of benzene rings is 1. The lowest BCUT2D eigenvalue weighted by molar-refractivity contribution is -0.115. The van der Waals surface area contributed by atoms with Crippen LogP contribution in [-0.2, 0) is 18.9 Å². The van der Waals surface area contributed by atoms with Crippen molar-refractivity contribution in [3.05, 3.63) is 67.4 Å². The molecule has 0 aliphatic heterocycles. The van der Waals surface area contributed by atoms with Gasteiger partial charge in [0.15, 0.2) is 0 Å². The van der Waals surface area contributed by atoms with Gasteiger partial charge in [-0.1, -0.05) is 17.7 Å². The van der Waals surface area contributed by atoms with Gasteiger partial charge in [-0.25, -0.2) is 9.78 Å². The maximum absolute atomic E-state index is 12.4. The van der Waals surface area contributed by atoms with Crippen molar-refractivity contribution >= 4 is 40.1 Å². The van der Waals surface area contributed by atoms with Crippen molar-refractivity contribution in [3.63, 3.8) is 0 Å². The Morgan fingerprint density at radius 1 is 1.10 bits per heavy atom. The standard InChI is InChI=1S/C19H18ClN5O4/c1-10-12(20)5-4-6-13(10)22-15(26)9-21-17(27)14-8-7-11-16(23-14)24(2)19(29)25(3)18(11)28/h4-8H,9H2,1-3H3,(H,21,27)(H,22,26). The number of halogens is 1. The van der Waals surface area contributed by atoms with E-state index < -0.39 is 23.1 Å². The van der Waals surface area contributed by atoms with Gasteiger partial charge >= 0.3 is 5.69 Å². The highest BCUT2D eigenvalue weighted by molar-refractivity contribution is 6.31. The molecule has 2 aromatic heterocycles. The van der Waals surface area contributed by atoms with Crippen molar-refractivity contribution in [2.75, 3.05) is 11.9 Å². The lowest BCUT2D eigenvalue weighted by Gasteiger charge is -2.11. The van der Waals surface area contributed by atoms with Crippen molar-refractivity contribution in [2.24, 2.45) is 14.1 Å². The van der Waals surface area contributed by atoms with Crippen LogP contribution in [0.4, 0.5) is 5.69 Å². The highest BCUT2D eigenvalue weighted by atomic mass is 35.5. The SMILES string of the molecule is Cc1c(Cl)cccc1NC(=O)CNC(=O)c1ccc2c(=O)n(C)c(=O)n(C)c2n1. The quantitative estimate of drug-likeness (QED) is 0.658. The van der Waals surface area contributed by atoms with E-state index in [0.717, 1.165) is 4.57 Å². The maximum atomic E-state index is 12.4. The molecule has 29 heavy (non-hydrogen) atoms. The Hall–Kier alpha value is -3.46. The number of aryl methyl sites for hydroxylation is 1. The fourth-order valence-electron chi connectivity index (χ4n) is 2.77. The fourth-order valence-corrected chi connectivity index (χ4v) is 2.94. The van der Waals surface area contributed by atoms with Crippen molar-refractivity contribution in [1.82, 2.24) is 19.4 Å². The number of amides is 2. The Morgan fingerprint density at radius 3 is 2.55 bits per heavy atom. The second kappa shape index (κ2) is 7.88. The summed E-state index contributed by atoms with van der Waals surface area (Å²) in [5.41, 5.74) is 0.277. The van der Waals surface area contributed by atoms with E-state index >= 15 is 0 Å². The second-order valence-corrected chi connectivity index (χ2v) is 6.82. The zero-order valence-electron chi connectivity index (χ0n) is 15.9. The smallest absolute Gasteiger partial charge is 0.332 e. The van der Waals surface area contributed by atoms with E-state index in [0.29, 0.717) is 16.3 Å². The lowest BCUT2D eigenvalue weighted by Crippen LogP contribution is -2.38. The van der Waals surface area contributed by atoms with Crippen LogP contribution in [0.15, 0.2) is 39.9 Å². The Bertz CT molecular complexity index is 1260. The molecule has 0 bridgehead atoms. The topological polar surface area (TPSA) is 115 Å². The average molecular weight is 416 g/mol. The largest absolute Gasteiger partial charge is 0.342 e. The van der Waals surface area contributed by atoms with Gasteiger partial charge in [-0.05, 0) is 36.8 Å². The van der Waals surface area contributed by atoms with Crippen LogP contribution in [0.3, 0.4) is 0 Å². The molecular weight excluding hydrogens is 398 g/mol. The Labute approximate surface area is 169 Å². The first-order valence-corrected chi connectivity index (χ1v) is 8.98. The molecular formula is C19H18ClN5O4. The predicted octanol–water partition coefficient (Wildman–Crippen LogP) is 0.963. The number of pyridine rings is 1. The number of carbonyl (C=O) groups excluding carboxylic acids is 2. The van der Waals surface area contributed by atoms with Crippen LogP contribution < -0.4 is 21.9 Å². The zero-order chi connectivity index (χ0) is 21.3. The van der Waals surface area contributed by atoms with Crippen molar-refractivity contribution in [1.29, 1.82) is 0 Å². The number of hydrogen-bond acceptors (Lipinski definition) is 5. The van der Waals surface area contributed by atoms with Crippen molar-refractivity contribution < 1.29 is 9.59 Å². The van der Waals surface area contributed by atoms with Gasteiger partial charge < -0.3 is 10.6 Å². The normalized spacial score (nSPS) is 10.8. The van der Waals surface area contributed by atoms with Crippen LogP contribution in [0.5, 0.6) is 0 Å². The lowest BCUT2D eigenvalue weighted by atomic mass is 10.2. The number of carbonyl (C=O) groups is 2. The average Bonchev–Trinajstić information content (AvgIpc) is 2.71. The highest BCUT2D eigenvalue weighted by Crippen LogP contribution is 2.22. The summed E-state index contributed by atoms with van der Waals surface area (Å²) in [6.45, 7) is 1.48. The molecule has 150 valence electrons. The molecule has 0 aliphatic rings. The molecule has 0 radical (unpaired) electrons. The van der Waals surface area contributed by atoms with E-state index in [4.69, 9.17) is 11.6 Å². The number of rotatable bonds is 4. The van der Waals surface area contributed by atoms with Gasteiger partial charge in [-0.3, -0.25) is 23.5 Å². The molecule has 0 fully saturated rings. The van der Waals surface area contributed by atoms with Gasteiger partial charge in [0.1, 0.15) is 11.3 Å². The summed E-state index contributed by atoms with van der Waals surface area (Å²) in [6.07, 6.45) is 0. The van der Waals surface area contributed by atoms with Gasteiger partial charge in [0.05, 0.1) is 11.9 Å². The third kappa shape index (κ3) is 3.90. The molecule has 2 N–H and O–H groups in total. The van der Waals surface area contributed by atoms with Crippen molar-refractivity contribution in [3.8, 4) is 0 Å². The number of fused-ring (bicyclic) bond motifs is 1. The van der Waals surface area contributed by atoms with Crippen LogP contribution in [0.2, 0.25) is 5.02 Å². The summed E-state index contributed by atoms with van der Waals surface area (Å²) in [6, 6.07) is 7.90. The van der Waals surface area contributed by atoms with Gasteiger partial charge in [0.2, 0.25) is 5.91 Å². The Morgan fingerprint density at radius 2 is 1.83 bits per heavy atom. The van der Waals surface area contributed by atoms with Crippen LogP contribution in [-0.4, -0.2) is 32.5 Å².